The van der Waals surface area contributed by atoms with Crippen molar-refractivity contribution in [3.63, 3.8) is 0 Å². The third kappa shape index (κ3) is 5.63. The van der Waals surface area contributed by atoms with Crippen LogP contribution in [0.5, 0.6) is 0 Å². The predicted molar refractivity (Wildman–Crippen MR) is 94.4 cm³/mol. The number of benzene rings is 1. The van der Waals surface area contributed by atoms with E-state index in [0.717, 1.165) is 0 Å². The summed E-state index contributed by atoms with van der Waals surface area (Å²) in [5, 5.41) is 5.46. The third-order valence-corrected chi connectivity index (χ3v) is 3.87. The molecular formula is C18H23N3O4. The average molecular weight is 345 g/mol. The Balaban J connectivity index is 1.87. The van der Waals surface area contributed by atoms with Gasteiger partial charge in [-0.3, -0.25) is 9.59 Å². The molecule has 1 aliphatic heterocycles. The van der Waals surface area contributed by atoms with Crippen LogP contribution in [0.3, 0.4) is 0 Å². The summed E-state index contributed by atoms with van der Waals surface area (Å²) in [5.74, 6) is -0.264. The Morgan fingerprint density at radius 1 is 1.32 bits per heavy atom. The summed E-state index contributed by atoms with van der Waals surface area (Å²) >= 11 is 0. The van der Waals surface area contributed by atoms with Gasteiger partial charge in [-0.1, -0.05) is 18.7 Å². The molecule has 3 amide bonds. The number of likely N-dealkylation sites (tertiary alicyclic amines) is 1. The molecule has 7 heteroatoms. The van der Waals surface area contributed by atoms with Crippen molar-refractivity contribution in [2.24, 2.45) is 0 Å². The topological polar surface area (TPSA) is 87.7 Å². The molecule has 0 bridgehead atoms. The number of carbonyl (C=O) groups is 3. The lowest BCUT2D eigenvalue weighted by molar-refractivity contribution is -0.114. The maximum absolute atomic E-state index is 12.6. The number of nitrogens with one attached hydrogen (secondary N) is 2. The number of nitrogens with zero attached hydrogens (tertiary/aromatic N) is 1. The van der Waals surface area contributed by atoms with E-state index in [-0.39, 0.29) is 24.5 Å². The van der Waals surface area contributed by atoms with Crippen molar-refractivity contribution in [2.45, 2.75) is 25.8 Å². The third-order valence-electron chi connectivity index (χ3n) is 3.87. The number of amides is 3. The number of piperidine rings is 1. The summed E-state index contributed by atoms with van der Waals surface area (Å²) in [5.41, 5.74) is 1.13. The minimum Gasteiger partial charge on any atom is -0.445 e. The maximum Gasteiger partial charge on any atom is 0.407 e. The van der Waals surface area contributed by atoms with Crippen molar-refractivity contribution in [1.82, 2.24) is 10.2 Å². The second kappa shape index (κ2) is 8.86. The van der Waals surface area contributed by atoms with E-state index < -0.39 is 6.09 Å². The number of hydrogen-bond acceptors (Lipinski definition) is 4. The molecule has 7 nitrogen and oxygen atoms in total. The molecule has 0 unspecified atom stereocenters. The van der Waals surface area contributed by atoms with Crippen molar-refractivity contribution in [3.05, 3.63) is 42.5 Å². The van der Waals surface area contributed by atoms with E-state index in [4.69, 9.17) is 4.74 Å². The van der Waals surface area contributed by atoms with E-state index in [1.165, 1.54) is 13.0 Å². The fourth-order valence-electron chi connectivity index (χ4n) is 2.69. The highest BCUT2D eigenvalue weighted by molar-refractivity contribution is 5.96. The fourth-order valence-corrected chi connectivity index (χ4v) is 2.69. The van der Waals surface area contributed by atoms with Crippen LogP contribution in [0.2, 0.25) is 0 Å². The van der Waals surface area contributed by atoms with Crippen molar-refractivity contribution in [1.29, 1.82) is 0 Å². The Morgan fingerprint density at radius 3 is 2.68 bits per heavy atom. The molecule has 1 saturated heterocycles. The van der Waals surface area contributed by atoms with Gasteiger partial charge in [0.1, 0.15) is 6.61 Å². The van der Waals surface area contributed by atoms with Crippen LogP contribution >= 0.6 is 0 Å². The number of anilines is 1. The molecule has 0 atom stereocenters. The van der Waals surface area contributed by atoms with Gasteiger partial charge in [0.25, 0.3) is 5.91 Å². The average Bonchev–Trinajstić information content (AvgIpc) is 2.59. The zero-order chi connectivity index (χ0) is 18.2. The van der Waals surface area contributed by atoms with Crippen LogP contribution < -0.4 is 10.6 Å². The van der Waals surface area contributed by atoms with Gasteiger partial charge in [0, 0.05) is 37.3 Å². The molecule has 25 heavy (non-hydrogen) atoms. The number of alkyl carbamates (subject to hydrolysis) is 1. The van der Waals surface area contributed by atoms with Gasteiger partial charge in [-0.15, -0.1) is 0 Å². The van der Waals surface area contributed by atoms with E-state index in [1.807, 2.05) is 0 Å². The number of hydrogen-bond donors (Lipinski definition) is 2. The normalized spacial score (nSPS) is 14.5. The summed E-state index contributed by atoms with van der Waals surface area (Å²) in [7, 11) is 0. The molecule has 0 saturated carbocycles. The van der Waals surface area contributed by atoms with E-state index in [2.05, 4.69) is 17.2 Å². The minimum atomic E-state index is -0.465. The molecule has 1 fully saturated rings. The largest absolute Gasteiger partial charge is 0.445 e. The van der Waals surface area contributed by atoms with Gasteiger partial charge in [0.15, 0.2) is 0 Å². The molecule has 1 aliphatic rings. The summed E-state index contributed by atoms with van der Waals surface area (Å²) < 4.78 is 4.90. The molecule has 2 rings (SSSR count). The van der Waals surface area contributed by atoms with Gasteiger partial charge in [0.05, 0.1) is 0 Å². The van der Waals surface area contributed by atoms with Crippen LogP contribution in [0.15, 0.2) is 36.9 Å². The SMILES string of the molecule is C=CCOC(=O)NC1CCN(C(=O)c2cccc(NC(C)=O)c2)CC1. The standard InChI is InChI=1S/C18H23N3O4/c1-3-11-25-18(24)20-15-7-9-21(10-8-15)17(23)14-5-4-6-16(12-14)19-13(2)22/h3-6,12,15H,1,7-11H2,2H3,(H,19,22)(H,20,24). The summed E-state index contributed by atoms with van der Waals surface area (Å²) in [6.45, 7) is 6.19. The Labute approximate surface area is 147 Å². The van der Waals surface area contributed by atoms with Crippen molar-refractivity contribution >= 4 is 23.6 Å². The lowest BCUT2D eigenvalue weighted by Crippen LogP contribution is -2.46. The zero-order valence-corrected chi connectivity index (χ0v) is 14.3. The van der Waals surface area contributed by atoms with Gasteiger partial charge >= 0.3 is 6.09 Å². The zero-order valence-electron chi connectivity index (χ0n) is 14.3. The predicted octanol–water partition coefficient (Wildman–Crippen LogP) is 2.16. The van der Waals surface area contributed by atoms with E-state index in [1.54, 1.807) is 29.2 Å². The second-order valence-electron chi connectivity index (χ2n) is 5.86. The highest BCUT2D eigenvalue weighted by Gasteiger charge is 2.25. The molecule has 0 spiro atoms. The summed E-state index contributed by atoms with van der Waals surface area (Å²) in [6, 6.07) is 6.86. The molecule has 1 heterocycles. The first-order chi connectivity index (χ1) is 12.0. The maximum atomic E-state index is 12.6. The van der Waals surface area contributed by atoms with E-state index >= 15 is 0 Å². The molecule has 134 valence electrons. The molecular weight excluding hydrogens is 322 g/mol. The van der Waals surface area contributed by atoms with Crippen LogP contribution in [0.25, 0.3) is 0 Å². The van der Waals surface area contributed by atoms with Crippen molar-refractivity contribution in [3.8, 4) is 0 Å². The molecule has 0 radical (unpaired) electrons. The molecule has 0 aromatic heterocycles. The lowest BCUT2D eigenvalue weighted by atomic mass is 10.0. The van der Waals surface area contributed by atoms with Crippen LogP contribution in [-0.2, 0) is 9.53 Å². The van der Waals surface area contributed by atoms with E-state index in [9.17, 15) is 14.4 Å². The quantitative estimate of drug-likeness (QED) is 0.801. The van der Waals surface area contributed by atoms with E-state index in [0.29, 0.717) is 37.2 Å². The summed E-state index contributed by atoms with van der Waals surface area (Å²) in [6.07, 6.45) is 2.38. The molecule has 0 aliphatic carbocycles. The number of ether oxygens (including phenoxy) is 1. The van der Waals surface area contributed by atoms with Crippen LogP contribution in [0.4, 0.5) is 10.5 Å². The first-order valence-corrected chi connectivity index (χ1v) is 8.20. The fraction of sp³-hybridized carbons (Fsp3) is 0.389. The van der Waals surface area contributed by atoms with Crippen molar-refractivity contribution < 1.29 is 19.1 Å². The minimum absolute atomic E-state index is 0.00733. The van der Waals surface area contributed by atoms with Crippen LogP contribution in [-0.4, -0.2) is 48.5 Å². The highest BCUT2D eigenvalue weighted by atomic mass is 16.5. The molecule has 1 aromatic rings. The smallest absolute Gasteiger partial charge is 0.407 e. The van der Waals surface area contributed by atoms with Gasteiger partial charge in [-0.25, -0.2) is 4.79 Å². The molecule has 1 aromatic carbocycles. The Kier molecular flexibility index (Phi) is 6.56. The number of rotatable bonds is 5. The van der Waals surface area contributed by atoms with Gasteiger partial charge in [-0.05, 0) is 31.0 Å². The first kappa shape index (κ1) is 18.5. The van der Waals surface area contributed by atoms with Crippen LogP contribution in [0, 0.1) is 0 Å². The first-order valence-electron chi connectivity index (χ1n) is 8.20. The number of carbonyl (C=O) groups excluding carboxylic acids is 3. The summed E-state index contributed by atoms with van der Waals surface area (Å²) in [4.78, 5) is 37.0. The van der Waals surface area contributed by atoms with Crippen molar-refractivity contribution in [2.75, 3.05) is 25.0 Å². The monoisotopic (exact) mass is 345 g/mol. The highest BCUT2D eigenvalue weighted by Crippen LogP contribution is 2.17. The molecule has 2 N–H and O–H groups in total. The van der Waals surface area contributed by atoms with Gasteiger partial charge < -0.3 is 20.3 Å². The Hall–Kier alpha value is -2.83. The second-order valence-corrected chi connectivity index (χ2v) is 5.86. The lowest BCUT2D eigenvalue weighted by Gasteiger charge is -2.32. The Bertz CT molecular complexity index is 651. The van der Waals surface area contributed by atoms with Crippen LogP contribution in [0.1, 0.15) is 30.1 Å². The Morgan fingerprint density at radius 2 is 2.04 bits per heavy atom. The van der Waals surface area contributed by atoms with Gasteiger partial charge in [0.2, 0.25) is 5.91 Å². The van der Waals surface area contributed by atoms with Gasteiger partial charge in [-0.2, -0.15) is 0 Å².